The molecule has 19 heavy (non-hydrogen) atoms. The number of ether oxygens (including phenoxy) is 3. The van der Waals surface area contributed by atoms with Crippen LogP contribution in [0.2, 0.25) is 0 Å². The summed E-state index contributed by atoms with van der Waals surface area (Å²) in [5.74, 6) is 0.439. The number of carbonyl (C=O) groups excluding carboxylic acids is 2. The molecule has 1 rings (SSSR count). The molecule has 1 aromatic carbocycles. The van der Waals surface area contributed by atoms with Gasteiger partial charge in [-0.2, -0.15) is 0 Å². The molecule has 0 aromatic heterocycles. The first-order valence-corrected chi connectivity index (χ1v) is 5.86. The molecule has 1 atom stereocenters. The van der Waals surface area contributed by atoms with Gasteiger partial charge >= 0.3 is 5.97 Å². The standard InChI is InChI=1S/C14H18O5/c1-9(5-6-15)11-7-10(14(16)19-4)8-12(17-2)13(11)18-3/h6-9H,5H2,1-4H3. The van der Waals surface area contributed by atoms with Gasteiger partial charge < -0.3 is 19.0 Å². The number of benzene rings is 1. The van der Waals surface area contributed by atoms with Gasteiger partial charge in [0.1, 0.15) is 6.29 Å². The Bertz CT molecular complexity index is 467. The highest BCUT2D eigenvalue weighted by Gasteiger charge is 2.20. The third kappa shape index (κ3) is 3.24. The second kappa shape index (κ2) is 6.78. The third-order valence-corrected chi connectivity index (χ3v) is 2.91. The summed E-state index contributed by atoms with van der Waals surface area (Å²) >= 11 is 0. The maximum Gasteiger partial charge on any atom is 0.337 e. The van der Waals surface area contributed by atoms with Gasteiger partial charge in [0.05, 0.1) is 26.9 Å². The van der Waals surface area contributed by atoms with E-state index >= 15 is 0 Å². The molecule has 0 saturated heterocycles. The molecule has 104 valence electrons. The van der Waals surface area contributed by atoms with Gasteiger partial charge in [-0.25, -0.2) is 4.79 Å². The van der Waals surface area contributed by atoms with Crippen molar-refractivity contribution < 1.29 is 23.8 Å². The number of rotatable bonds is 6. The van der Waals surface area contributed by atoms with Crippen molar-refractivity contribution in [1.29, 1.82) is 0 Å². The molecule has 5 nitrogen and oxygen atoms in total. The lowest BCUT2D eigenvalue weighted by Crippen LogP contribution is -2.07. The van der Waals surface area contributed by atoms with Crippen LogP contribution < -0.4 is 9.47 Å². The Labute approximate surface area is 112 Å². The second-order valence-corrected chi connectivity index (χ2v) is 4.10. The quantitative estimate of drug-likeness (QED) is 0.583. The van der Waals surface area contributed by atoms with Crippen molar-refractivity contribution in [2.45, 2.75) is 19.3 Å². The molecule has 1 aromatic rings. The van der Waals surface area contributed by atoms with Crippen molar-refractivity contribution >= 4 is 12.3 Å². The van der Waals surface area contributed by atoms with Gasteiger partial charge in [0.2, 0.25) is 0 Å². The Morgan fingerprint density at radius 1 is 1.26 bits per heavy atom. The van der Waals surface area contributed by atoms with Crippen LogP contribution in [0.3, 0.4) is 0 Å². The molecular formula is C14H18O5. The minimum Gasteiger partial charge on any atom is -0.493 e. The van der Waals surface area contributed by atoms with Crippen LogP contribution in [0.4, 0.5) is 0 Å². The zero-order valence-electron chi connectivity index (χ0n) is 11.6. The van der Waals surface area contributed by atoms with Crippen LogP contribution in [0, 0.1) is 0 Å². The molecule has 0 bridgehead atoms. The lowest BCUT2D eigenvalue weighted by atomic mass is 9.95. The summed E-state index contributed by atoms with van der Waals surface area (Å²) in [5.41, 5.74) is 1.11. The Morgan fingerprint density at radius 3 is 2.42 bits per heavy atom. The Hall–Kier alpha value is -2.04. The summed E-state index contributed by atoms with van der Waals surface area (Å²) in [5, 5.41) is 0. The number of aldehydes is 1. The SMILES string of the molecule is COC(=O)c1cc(OC)c(OC)c(C(C)CC=O)c1. The predicted octanol–water partition coefficient (Wildman–Crippen LogP) is 2.18. The molecule has 0 fully saturated rings. The van der Waals surface area contributed by atoms with Crippen molar-refractivity contribution in [2.75, 3.05) is 21.3 Å². The number of hydrogen-bond acceptors (Lipinski definition) is 5. The van der Waals surface area contributed by atoms with Crippen LogP contribution >= 0.6 is 0 Å². The van der Waals surface area contributed by atoms with E-state index in [0.29, 0.717) is 23.5 Å². The van der Waals surface area contributed by atoms with E-state index in [0.717, 1.165) is 11.8 Å². The average Bonchev–Trinajstić information content (AvgIpc) is 2.44. The van der Waals surface area contributed by atoms with Crippen LogP contribution in [0.25, 0.3) is 0 Å². The lowest BCUT2D eigenvalue weighted by molar-refractivity contribution is -0.108. The van der Waals surface area contributed by atoms with Gasteiger partial charge in [0, 0.05) is 12.0 Å². The van der Waals surface area contributed by atoms with Crippen molar-refractivity contribution in [3.8, 4) is 11.5 Å². The molecule has 0 radical (unpaired) electrons. The Kier molecular flexibility index (Phi) is 5.36. The van der Waals surface area contributed by atoms with Gasteiger partial charge in [-0.15, -0.1) is 0 Å². The zero-order chi connectivity index (χ0) is 14.4. The highest BCUT2D eigenvalue weighted by Crippen LogP contribution is 2.37. The average molecular weight is 266 g/mol. The summed E-state index contributed by atoms with van der Waals surface area (Å²) in [7, 11) is 4.33. The largest absolute Gasteiger partial charge is 0.493 e. The zero-order valence-corrected chi connectivity index (χ0v) is 11.6. The van der Waals surface area contributed by atoms with Crippen LogP contribution in [0.1, 0.15) is 35.2 Å². The van der Waals surface area contributed by atoms with Crippen LogP contribution in [-0.2, 0) is 9.53 Å². The van der Waals surface area contributed by atoms with Gasteiger partial charge in [-0.1, -0.05) is 6.92 Å². The minimum atomic E-state index is -0.458. The molecule has 0 spiro atoms. The topological polar surface area (TPSA) is 61.8 Å². The van der Waals surface area contributed by atoms with Crippen molar-refractivity contribution in [1.82, 2.24) is 0 Å². The van der Waals surface area contributed by atoms with E-state index in [2.05, 4.69) is 0 Å². The van der Waals surface area contributed by atoms with Crippen molar-refractivity contribution in [3.63, 3.8) is 0 Å². The number of methoxy groups -OCH3 is 3. The minimum absolute atomic E-state index is 0.0778. The van der Waals surface area contributed by atoms with Crippen LogP contribution in [0.5, 0.6) is 11.5 Å². The van der Waals surface area contributed by atoms with E-state index in [9.17, 15) is 9.59 Å². The first-order chi connectivity index (χ1) is 9.08. The molecular weight excluding hydrogens is 248 g/mol. The fourth-order valence-electron chi connectivity index (χ4n) is 1.87. The van der Waals surface area contributed by atoms with Crippen molar-refractivity contribution in [2.24, 2.45) is 0 Å². The maximum atomic E-state index is 11.6. The molecule has 5 heteroatoms. The third-order valence-electron chi connectivity index (χ3n) is 2.91. The maximum absolute atomic E-state index is 11.6. The second-order valence-electron chi connectivity index (χ2n) is 4.10. The first kappa shape index (κ1) is 15.0. The lowest BCUT2D eigenvalue weighted by Gasteiger charge is -2.17. The van der Waals surface area contributed by atoms with Gasteiger partial charge in [0.15, 0.2) is 11.5 Å². The molecule has 0 aliphatic rings. The first-order valence-electron chi connectivity index (χ1n) is 5.86. The molecule has 1 unspecified atom stereocenters. The molecule has 0 amide bonds. The monoisotopic (exact) mass is 266 g/mol. The van der Waals surface area contributed by atoms with Crippen LogP contribution in [-0.4, -0.2) is 33.6 Å². The summed E-state index contributed by atoms with van der Waals surface area (Å²) in [6.07, 6.45) is 1.17. The van der Waals surface area contributed by atoms with E-state index in [4.69, 9.17) is 14.2 Å². The van der Waals surface area contributed by atoms with Gasteiger partial charge in [-0.05, 0) is 18.1 Å². The van der Waals surface area contributed by atoms with E-state index < -0.39 is 5.97 Å². The van der Waals surface area contributed by atoms with Gasteiger partial charge in [0.25, 0.3) is 0 Å². The predicted molar refractivity (Wildman–Crippen MR) is 70.0 cm³/mol. The smallest absolute Gasteiger partial charge is 0.337 e. The number of esters is 1. The number of hydrogen-bond donors (Lipinski definition) is 0. The highest BCUT2D eigenvalue weighted by molar-refractivity contribution is 5.90. The fourth-order valence-corrected chi connectivity index (χ4v) is 1.87. The van der Waals surface area contributed by atoms with E-state index in [1.165, 1.54) is 21.3 Å². The molecule has 0 N–H and O–H groups in total. The Balaban J connectivity index is 3.38. The fraction of sp³-hybridized carbons (Fsp3) is 0.429. The van der Waals surface area contributed by atoms with E-state index in [1.54, 1.807) is 12.1 Å². The molecule has 0 aliphatic heterocycles. The van der Waals surface area contributed by atoms with Gasteiger partial charge in [-0.3, -0.25) is 0 Å². The summed E-state index contributed by atoms with van der Waals surface area (Å²) < 4.78 is 15.2. The highest BCUT2D eigenvalue weighted by atomic mass is 16.5. The number of carbonyl (C=O) groups is 2. The van der Waals surface area contributed by atoms with Crippen molar-refractivity contribution in [3.05, 3.63) is 23.3 Å². The van der Waals surface area contributed by atoms with E-state index in [-0.39, 0.29) is 5.92 Å². The molecule has 0 aliphatic carbocycles. The normalized spacial score (nSPS) is 11.6. The van der Waals surface area contributed by atoms with E-state index in [1.807, 2.05) is 6.92 Å². The Morgan fingerprint density at radius 2 is 1.95 bits per heavy atom. The molecule has 0 heterocycles. The summed E-state index contributed by atoms with van der Waals surface area (Å²) in [6.45, 7) is 1.88. The summed E-state index contributed by atoms with van der Waals surface area (Å²) in [6, 6.07) is 3.23. The van der Waals surface area contributed by atoms with Crippen LogP contribution in [0.15, 0.2) is 12.1 Å². The molecule has 0 saturated carbocycles. The summed E-state index contributed by atoms with van der Waals surface area (Å²) in [4.78, 5) is 22.3.